The molecular weight excluding hydrogens is 266 g/mol. The normalized spacial score (nSPS) is 22.2. The highest BCUT2D eigenvalue weighted by molar-refractivity contribution is 4.85. The molecule has 0 saturated heterocycles. The fourth-order valence-corrected chi connectivity index (χ4v) is 3.25. The van der Waals surface area contributed by atoms with Crippen LogP contribution < -0.4 is 5.32 Å². The van der Waals surface area contributed by atoms with Gasteiger partial charge in [0, 0.05) is 6.04 Å². The molecule has 0 aromatic rings. The summed E-state index contributed by atoms with van der Waals surface area (Å²) in [6.45, 7) is 22.8. The molecule has 0 bridgehead atoms. The van der Waals surface area contributed by atoms with E-state index in [0.717, 1.165) is 24.3 Å². The average Bonchev–Trinajstić information content (AvgIpc) is 3.17. The van der Waals surface area contributed by atoms with Crippen molar-refractivity contribution in [2.75, 3.05) is 6.54 Å². The van der Waals surface area contributed by atoms with Gasteiger partial charge < -0.3 is 5.32 Å². The molecule has 22 heavy (non-hydrogen) atoms. The third-order valence-corrected chi connectivity index (χ3v) is 6.64. The van der Waals surface area contributed by atoms with Crippen molar-refractivity contribution < 1.29 is 0 Å². The van der Waals surface area contributed by atoms with Gasteiger partial charge in [0.1, 0.15) is 0 Å². The van der Waals surface area contributed by atoms with Crippen molar-refractivity contribution >= 4 is 0 Å². The molecular formula is C21H43N. The Morgan fingerprint density at radius 2 is 1.45 bits per heavy atom. The van der Waals surface area contributed by atoms with Crippen LogP contribution >= 0.6 is 0 Å². The Hall–Kier alpha value is -0.0400. The lowest BCUT2D eigenvalue weighted by Crippen LogP contribution is -2.40. The first kappa shape index (κ1) is 20.0. The lowest BCUT2D eigenvalue weighted by molar-refractivity contribution is 0.147. The molecule has 0 radical (unpaired) electrons. The standard InChI is InChI=1S/C21H43N/c1-15(18(4)22-14-17(3)20(5,6)7)13-21(8,9)16(2)12-19-10-11-19/h15-19,22H,10-14H2,1-9H3. The third-order valence-electron chi connectivity index (χ3n) is 6.64. The van der Waals surface area contributed by atoms with Gasteiger partial charge in [-0.3, -0.25) is 0 Å². The van der Waals surface area contributed by atoms with Gasteiger partial charge in [0.25, 0.3) is 0 Å². The molecule has 1 saturated carbocycles. The number of nitrogens with one attached hydrogen (secondary N) is 1. The summed E-state index contributed by atoms with van der Waals surface area (Å²) in [7, 11) is 0. The second-order valence-corrected chi connectivity index (χ2v) is 10.2. The maximum Gasteiger partial charge on any atom is 0.00646 e. The van der Waals surface area contributed by atoms with Crippen molar-refractivity contribution in [3.63, 3.8) is 0 Å². The Morgan fingerprint density at radius 3 is 1.91 bits per heavy atom. The van der Waals surface area contributed by atoms with Crippen LogP contribution in [-0.4, -0.2) is 12.6 Å². The molecule has 0 aromatic carbocycles. The minimum Gasteiger partial charge on any atom is -0.314 e. The maximum atomic E-state index is 3.80. The molecule has 4 atom stereocenters. The molecule has 0 spiro atoms. The summed E-state index contributed by atoms with van der Waals surface area (Å²) < 4.78 is 0. The first-order valence-corrected chi connectivity index (χ1v) is 9.67. The van der Waals surface area contributed by atoms with Crippen LogP contribution in [0.2, 0.25) is 0 Å². The van der Waals surface area contributed by atoms with E-state index in [-0.39, 0.29) is 0 Å². The van der Waals surface area contributed by atoms with E-state index in [4.69, 9.17) is 0 Å². The first-order chi connectivity index (χ1) is 9.93. The Kier molecular flexibility index (Phi) is 6.99. The second-order valence-electron chi connectivity index (χ2n) is 10.2. The van der Waals surface area contributed by atoms with Crippen molar-refractivity contribution in [2.24, 2.45) is 34.5 Å². The molecule has 132 valence electrons. The molecule has 4 unspecified atom stereocenters. The van der Waals surface area contributed by atoms with E-state index in [1.807, 2.05) is 0 Å². The highest BCUT2D eigenvalue weighted by atomic mass is 14.9. The quantitative estimate of drug-likeness (QED) is 0.540. The molecule has 1 heteroatoms. The minimum absolute atomic E-state index is 0.397. The van der Waals surface area contributed by atoms with Crippen LogP contribution in [0.5, 0.6) is 0 Å². The van der Waals surface area contributed by atoms with Crippen LogP contribution in [-0.2, 0) is 0 Å². The molecule has 0 aromatic heterocycles. The lowest BCUT2D eigenvalue weighted by Gasteiger charge is -2.37. The fourth-order valence-electron chi connectivity index (χ4n) is 3.25. The summed E-state index contributed by atoms with van der Waals surface area (Å²) in [6.07, 6.45) is 5.75. The summed E-state index contributed by atoms with van der Waals surface area (Å²) >= 11 is 0. The minimum atomic E-state index is 0.397. The van der Waals surface area contributed by atoms with Crippen LogP contribution in [0, 0.1) is 34.5 Å². The summed E-state index contributed by atoms with van der Waals surface area (Å²) in [5.41, 5.74) is 0.863. The van der Waals surface area contributed by atoms with Crippen LogP contribution in [0.25, 0.3) is 0 Å². The molecule has 0 heterocycles. The van der Waals surface area contributed by atoms with Crippen LogP contribution in [0.4, 0.5) is 0 Å². The Bertz CT molecular complexity index is 321. The highest BCUT2D eigenvalue weighted by Gasteiger charge is 2.34. The van der Waals surface area contributed by atoms with Crippen molar-refractivity contribution in [3.8, 4) is 0 Å². The topological polar surface area (TPSA) is 12.0 Å². The van der Waals surface area contributed by atoms with E-state index < -0.39 is 0 Å². The van der Waals surface area contributed by atoms with Crippen LogP contribution in [0.15, 0.2) is 0 Å². The van der Waals surface area contributed by atoms with Gasteiger partial charge in [-0.2, -0.15) is 0 Å². The van der Waals surface area contributed by atoms with Gasteiger partial charge in [0.15, 0.2) is 0 Å². The molecule has 1 rings (SSSR count). The molecule has 1 fully saturated rings. The number of hydrogen-bond acceptors (Lipinski definition) is 1. The van der Waals surface area contributed by atoms with Gasteiger partial charge in [-0.15, -0.1) is 0 Å². The average molecular weight is 310 g/mol. The summed E-state index contributed by atoms with van der Waals surface area (Å²) in [5, 5.41) is 3.80. The molecule has 1 N–H and O–H groups in total. The molecule has 1 aliphatic rings. The molecule has 1 aliphatic carbocycles. The van der Waals surface area contributed by atoms with E-state index in [0.29, 0.717) is 22.8 Å². The Balaban J connectivity index is 2.39. The van der Waals surface area contributed by atoms with Gasteiger partial charge in [-0.05, 0) is 60.8 Å². The fraction of sp³-hybridized carbons (Fsp3) is 1.00. The van der Waals surface area contributed by atoms with E-state index in [1.165, 1.54) is 25.7 Å². The van der Waals surface area contributed by atoms with E-state index in [2.05, 4.69) is 67.6 Å². The first-order valence-electron chi connectivity index (χ1n) is 9.67. The summed E-state index contributed by atoms with van der Waals surface area (Å²) in [5.74, 6) is 3.35. The van der Waals surface area contributed by atoms with Crippen LogP contribution in [0.3, 0.4) is 0 Å². The predicted octanol–water partition coefficient (Wildman–Crippen LogP) is 6.14. The van der Waals surface area contributed by atoms with Crippen LogP contribution in [0.1, 0.15) is 88.0 Å². The summed E-state index contributed by atoms with van der Waals surface area (Å²) in [4.78, 5) is 0. The number of hydrogen-bond donors (Lipinski definition) is 1. The van der Waals surface area contributed by atoms with Gasteiger partial charge in [0.2, 0.25) is 0 Å². The monoisotopic (exact) mass is 309 g/mol. The van der Waals surface area contributed by atoms with E-state index >= 15 is 0 Å². The third kappa shape index (κ3) is 6.60. The van der Waals surface area contributed by atoms with Gasteiger partial charge in [-0.25, -0.2) is 0 Å². The largest absolute Gasteiger partial charge is 0.314 e. The highest BCUT2D eigenvalue weighted by Crippen LogP contribution is 2.43. The smallest absolute Gasteiger partial charge is 0.00646 e. The second kappa shape index (κ2) is 7.69. The maximum absolute atomic E-state index is 3.80. The molecule has 0 amide bonds. The van der Waals surface area contributed by atoms with Gasteiger partial charge >= 0.3 is 0 Å². The van der Waals surface area contributed by atoms with Crippen molar-refractivity contribution in [1.29, 1.82) is 0 Å². The Morgan fingerprint density at radius 1 is 0.909 bits per heavy atom. The molecule has 1 nitrogen and oxygen atoms in total. The van der Waals surface area contributed by atoms with Gasteiger partial charge in [-0.1, -0.05) is 68.2 Å². The predicted molar refractivity (Wildman–Crippen MR) is 100 cm³/mol. The Labute approximate surface area is 141 Å². The van der Waals surface area contributed by atoms with E-state index in [1.54, 1.807) is 0 Å². The zero-order valence-corrected chi connectivity index (χ0v) is 16.9. The number of rotatable bonds is 9. The lowest BCUT2D eigenvalue weighted by atomic mass is 9.71. The van der Waals surface area contributed by atoms with E-state index in [9.17, 15) is 0 Å². The summed E-state index contributed by atoms with van der Waals surface area (Å²) in [6, 6.07) is 0.609. The van der Waals surface area contributed by atoms with Crippen molar-refractivity contribution in [3.05, 3.63) is 0 Å². The van der Waals surface area contributed by atoms with Crippen molar-refractivity contribution in [1.82, 2.24) is 5.32 Å². The van der Waals surface area contributed by atoms with Crippen molar-refractivity contribution in [2.45, 2.75) is 94.0 Å². The SMILES string of the molecule is CC(CC(C)(C)C(C)CC1CC1)C(C)NCC(C)C(C)(C)C. The zero-order chi connectivity index (χ0) is 17.1. The molecule has 0 aliphatic heterocycles. The zero-order valence-electron chi connectivity index (χ0n) is 16.9. The van der Waals surface area contributed by atoms with Gasteiger partial charge in [0.05, 0.1) is 0 Å².